The van der Waals surface area contributed by atoms with Crippen LogP contribution in [0.25, 0.3) is 0 Å². The predicted molar refractivity (Wildman–Crippen MR) is 110 cm³/mol. The number of nitrogens with zero attached hydrogens (tertiary/aromatic N) is 1. The van der Waals surface area contributed by atoms with E-state index in [1.165, 1.54) is 0 Å². The molecule has 3 rings (SSSR count). The average molecular weight is 399 g/mol. The third-order valence-electron chi connectivity index (χ3n) is 4.75. The van der Waals surface area contributed by atoms with Crippen LogP contribution in [0.15, 0.2) is 42.5 Å². The van der Waals surface area contributed by atoms with Crippen LogP contribution in [0.3, 0.4) is 0 Å². The molecule has 154 valence electrons. The lowest BCUT2D eigenvalue weighted by atomic mass is 10.1. The van der Waals surface area contributed by atoms with Gasteiger partial charge in [-0.2, -0.15) is 0 Å². The van der Waals surface area contributed by atoms with Gasteiger partial charge in [-0.15, -0.1) is 0 Å². The van der Waals surface area contributed by atoms with Gasteiger partial charge in [0.1, 0.15) is 17.2 Å². The summed E-state index contributed by atoms with van der Waals surface area (Å²) in [4.78, 5) is 26.3. The highest BCUT2D eigenvalue weighted by atomic mass is 16.5. The summed E-state index contributed by atoms with van der Waals surface area (Å²) in [5.74, 6) is 1.98. The molecule has 8 heteroatoms. The quantitative estimate of drug-likeness (QED) is 0.747. The van der Waals surface area contributed by atoms with Gasteiger partial charge in [0.05, 0.1) is 21.3 Å². The van der Waals surface area contributed by atoms with Gasteiger partial charge < -0.3 is 29.7 Å². The highest BCUT2D eigenvalue weighted by molar-refractivity contribution is 5.96. The maximum Gasteiger partial charge on any atom is 0.319 e. The highest BCUT2D eigenvalue weighted by Crippen LogP contribution is 2.27. The van der Waals surface area contributed by atoms with Crippen LogP contribution in [0, 0.1) is 5.92 Å². The molecule has 1 aliphatic heterocycles. The largest absolute Gasteiger partial charge is 0.497 e. The van der Waals surface area contributed by atoms with Gasteiger partial charge in [-0.1, -0.05) is 0 Å². The fourth-order valence-corrected chi connectivity index (χ4v) is 3.22. The van der Waals surface area contributed by atoms with Crippen molar-refractivity contribution in [3.8, 4) is 17.2 Å². The summed E-state index contributed by atoms with van der Waals surface area (Å²) in [7, 11) is 4.69. The number of benzene rings is 2. The molecule has 1 aliphatic rings. The van der Waals surface area contributed by atoms with E-state index < -0.39 is 0 Å². The van der Waals surface area contributed by atoms with Gasteiger partial charge in [-0.3, -0.25) is 4.79 Å². The first-order valence-electron chi connectivity index (χ1n) is 9.24. The van der Waals surface area contributed by atoms with Crippen molar-refractivity contribution in [2.24, 2.45) is 5.92 Å². The van der Waals surface area contributed by atoms with Crippen LogP contribution in [-0.2, 0) is 4.79 Å². The first-order valence-corrected chi connectivity index (χ1v) is 9.24. The van der Waals surface area contributed by atoms with E-state index in [0.717, 1.165) is 11.4 Å². The number of nitrogens with one attached hydrogen (secondary N) is 2. The van der Waals surface area contributed by atoms with Crippen LogP contribution >= 0.6 is 0 Å². The first-order chi connectivity index (χ1) is 14.0. The van der Waals surface area contributed by atoms with Crippen LogP contribution in [0.1, 0.15) is 6.42 Å². The summed E-state index contributed by atoms with van der Waals surface area (Å²) in [5.41, 5.74) is 1.38. The Kier molecular flexibility index (Phi) is 6.43. The van der Waals surface area contributed by atoms with Crippen LogP contribution in [0.5, 0.6) is 17.2 Å². The number of carbonyl (C=O) groups is 2. The number of amides is 3. The third-order valence-corrected chi connectivity index (χ3v) is 4.75. The molecule has 3 amide bonds. The summed E-state index contributed by atoms with van der Waals surface area (Å²) in [5, 5.41) is 5.59. The molecule has 0 aliphatic carbocycles. The minimum Gasteiger partial charge on any atom is -0.497 e. The summed E-state index contributed by atoms with van der Waals surface area (Å²) in [6.07, 6.45) is 0.388. The Bertz CT molecular complexity index is 847. The van der Waals surface area contributed by atoms with Gasteiger partial charge in [0.25, 0.3) is 0 Å². The van der Waals surface area contributed by atoms with E-state index >= 15 is 0 Å². The van der Waals surface area contributed by atoms with Gasteiger partial charge in [-0.05, 0) is 24.3 Å². The number of hydrogen-bond donors (Lipinski definition) is 2. The number of anilines is 2. The maximum absolute atomic E-state index is 12.4. The molecule has 0 bridgehead atoms. The van der Waals surface area contributed by atoms with E-state index in [-0.39, 0.29) is 17.9 Å². The SMILES string of the molecule is COc1ccc(N2C[C@@H](CNC(=O)Nc3cc(OC)cc(OC)c3)CC2=O)cc1. The summed E-state index contributed by atoms with van der Waals surface area (Å²) in [6, 6.07) is 12.1. The number of methoxy groups -OCH3 is 3. The van der Waals surface area contributed by atoms with E-state index in [1.54, 1.807) is 44.4 Å². The van der Waals surface area contributed by atoms with Gasteiger partial charge in [0.2, 0.25) is 5.91 Å². The van der Waals surface area contributed by atoms with Crippen molar-refractivity contribution in [2.75, 3.05) is 44.6 Å². The minimum atomic E-state index is -0.351. The van der Waals surface area contributed by atoms with Crippen LogP contribution in [0.4, 0.5) is 16.2 Å². The second kappa shape index (κ2) is 9.18. The van der Waals surface area contributed by atoms with Crippen molar-refractivity contribution in [2.45, 2.75) is 6.42 Å². The Morgan fingerprint density at radius 1 is 1.00 bits per heavy atom. The summed E-state index contributed by atoms with van der Waals surface area (Å²) >= 11 is 0. The number of rotatable bonds is 7. The highest BCUT2D eigenvalue weighted by Gasteiger charge is 2.30. The average Bonchev–Trinajstić information content (AvgIpc) is 3.12. The van der Waals surface area contributed by atoms with Gasteiger partial charge in [0, 0.05) is 55.0 Å². The molecule has 0 radical (unpaired) electrons. The van der Waals surface area contributed by atoms with E-state index in [9.17, 15) is 9.59 Å². The predicted octanol–water partition coefficient (Wildman–Crippen LogP) is 2.89. The van der Waals surface area contributed by atoms with Gasteiger partial charge in [-0.25, -0.2) is 4.79 Å². The smallest absolute Gasteiger partial charge is 0.319 e. The van der Waals surface area contributed by atoms with Crippen molar-refractivity contribution in [1.29, 1.82) is 0 Å². The molecule has 29 heavy (non-hydrogen) atoms. The molecule has 0 unspecified atom stereocenters. The van der Waals surface area contributed by atoms with E-state index in [2.05, 4.69) is 10.6 Å². The molecule has 1 saturated heterocycles. The van der Waals surface area contributed by atoms with Crippen molar-refractivity contribution < 1.29 is 23.8 Å². The molecule has 8 nitrogen and oxygen atoms in total. The van der Waals surface area contributed by atoms with Crippen molar-refractivity contribution in [3.63, 3.8) is 0 Å². The lowest BCUT2D eigenvalue weighted by Gasteiger charge is -2.17. The standard InChI is InChI=1S/C21H25N3O5/c1-27-17-6-4-16(5-7-17)24-13-14(8-20(24)25)12-22-21(26)23-15-9-18(28-2)11-19(10-15)29-3/h4-7,9-11,14H,8,12-13H2,1-3H3,(H2,22,23,26)/t14-/m1/s1. The first kappa shape index (κ1) is 20.3. The normalized spacial score (nSPS) is 15.8. The van der Waals surface area contributed by atoms with E-state index in [0.29, 0.717) is 36.7 Å². The number of urea groups is 1. The number of carbonyl (C=O) groups excluding carboxylic acids is 2. The van der Waals surface area contributed by atoms with Crippen LogP contribution in [-0.4, -0.2) is 46.4 Å². The molecule has 0 saturated carbocycles. The fourth-order valence-electron chi connectivity index (χ4n) is 3.22. The fraction of sp³-hybridized carbons (Fsp3) is 0.333. The molecule has 1 fully saturated rings. The van der Waals surface area contributed by atoms with Crippen LogP contribution < -0.4 is 29.7 Å². The van der Waals surface area contributed by atoms with Crippen LogP contribution in [0.2, 0.25) is 0 Å². The van der Waals surface area contributed by atoms with Gasteiger partial charge >= 0.3 is 6.03 Å². The monoisotopic (exact) mass is 399 g/mol. The summed E-state index contributed by atoms with van der Waals surface area (Å²) in [6.45, 7) is 0.948. The molecule has 0 aromatic heterocycles. The Morgan fingerprint density at radius 3 is 2.21 bits per heavy atom. The Morgan fingerprint density at radius 2 is 1.62 bits per heavy atom. The molecule has 2 aromatic rings. The maximum atomic E-state index is 12.4. The summed E-state index contributed by atoms with van der Waals surface area (Å²) < 4.78 is 15.5. The molecular weight excluding hydrogens is 374 g/mol. The number of hydrogen-bond acceptors (Lipinski definition) is 5. The Balaban J connectivity index is 1.53. The van der Waals surface area contributed by atoms with Crippen molar-refractivity contribution in [3.05, 3.63) is 42.5 Å². The molecule has 0 spiro atoms. The van der Waals surface area contributed by atoms with Crippen molar-refractivity contribution >= 4 is 23.3 Å². The van der Waals surface area contributed by atoms with Gasteiger partial charge in [0.15, 0.2) is 0 Å². The number of ether oxygens (including phenoxy) is 3. The second-order valence-corrected chi connectivity index (χ2v) is 6.71. The molecule has 2 N–H and O–H groups in total. The molecule has 2 aromatic carbocycles. The zero-order valence-corrected chi connectivity index (χ0v) is 16.7. The zero-order valence-electron chi connectivity index (χ0n) is 16.7. The topological polar surface area (TPSA) is 89.1 Å². The molecule has 1 atom stereocenters. The third kappa shape index (κ3) is 5.10. The Labute approximate surface area is 169 Å². The zero-order chi connectivity index (χ0) is 20.8. The second-order valence-electron chi connectivity index (χ2n) is 6.71. The van der Waals surface area contributed by atoms with Crippen molar-refractivity contribution in [1.82, 2.24) is 5.32 Å². The molecular formula is C21H25N3O5. The minimum absolute atomic E-state index is 0.0372. The Hall–Kier alpha value is -3.42. The van der Waals surface area contributed by atoms with E-state index in [4.69, 9.17) is 14.2 Å². The lowest BCUT2D eigenvalue weighted by Crippen LogP contribution is -2.34. The van der Waals surface area contributed by atoms with E-state index in [1.807, 2.05) is 24.3 Å². The lowest BCUT2D eigenvalue weighted by molar-refractivity contribution is -0.117. The molecule has 1 heterocycles.